The summed E-state index contributed by atoms with van der Waals surface area (Å²) in [5.74, 6) is -1.64. The van der Waals surface area contributed by atoms with Crippen LogP contribution in [0.15, 0.2) is 66.4 Å². The van der Waals surface area contributed by atoms with E-state index in [1.54, 1.807) is 29.8 Å². The summed E-state index contributed by atoms with van der Waals surface area (Å²) in [6, 6.07) is 12.7. The van der Waals surface area contributed by atoms with Crippen molar-refractivity contribution in [1.29, 1.82) is 5.26 Å². The molecule has 0 radical (unpaired) electrons. The van der Waals surface area contributed by atoms with Crippen molar-refractivity contribution >= 4 is 57.8 Å². The largest absolute Gasteiger partial charge is 0.494 e. The molecule has 3 aromatic heterocycles. The van der Waals surface area contributed by atoms with Crippen molar-refractivity contribution in [2.24, 2.45) is 12.5 Å². The number of unbranched alkanes of at least 4 members (excludes halogenated alkanes) is 1. The maximum absolute atomic E-state index is 15.4. The number of nitrogens with zero attached hydrogens (tertiary/aromatic N) is 8. The van der Waals surface area contributed by atoms with E-state index < -0.39 is 51.7 Å². The summed E-state index contributed by atoms with van der Waals surface area (Å²) >= 11 is 7.07. The number of nitriles is 1. The van der Waals surface area contributed by atoms with Crippen molar-refractivity contribution in [3.05, 3.63) is 94.9 Å². The molecule has 5 heterocycles. The minimum absolute atomic E-state index is 0.149. The Labute approximate surface area is 400 Å². The highest BCUT2D eigenvalue weighted by molar-refractivity contribution is 7.81. The second-order valence-corrected chi connectivity index (χ2v) is 19.4. The molecule has 0 bridgehead atoms. The molecule has 2 aliphatic heterocycles. The smallest absolute Gasteiger partial charge is 0.420 e. The van der Waals surface area contributed by atoms with Crippen molar-refractivity contribution in [3.63, 3.8) is 0 Å². The number of aromatic nitrogens is 4. The van der Waals surface area contributed by atoms with Crippen LogP contribution >= 0.6 is 23.6 Å². The summed E-state index contributed by atoms with van der Waals surface area (Å²) in [6.07, 6.45) is 1.13. The van der Waals surface area contributed by atoms with Gasteiger partial charge in [0.05, 0.1) is 63.6 Å². The van der Waals surface area contributed by atoms with Crippen molar-refractivity contribution in [3.8, 4) is 33.6 Å². The zero-order valence-electron chi connectivity index (χ0n) is 38.6. The average Bonchev–Trinajstić information content (AvgIpc) is 4.07. The molecule has 0 spiro atoms. The summed E-state index contributed by atoms with van der Waals surface area (Å²) in [7, 11) is 1.94. The first kappa shape index (κ1) is 49.6. The summed E-state index contributed by atoms with van der Waals surface area (Å²) in [4.78, 5) is 59.6. The number of nitrogens with one attached hydrogen (secondary N) is 1. The number of halogens is 4. The summed E-state index contributed by atoms with van der Waals surface area (Å²) < 4.78 is 70.3. The fourth-order valence-corrected chi connectivity index (χ4v) is 9.66. The molecule has 2 unspecified atom stereocenters. The summed E-state index contributed by atoms with van der Waals surface area (Å²) in [5, 5.41) is 11.9. The van der Waals surface area contributed by atoms with Gasteiger partial charge in [0.25, 0.3) is 5.91 Å². The number of hydrogen-bond donors (Lipinski definition) is 1. The third-order valence-electron chi connectivity index (χ3n) is 11.9. The maximum Gasteiger partial charge on any atom is 0.420 e. The number of hydrogen-bond acceptors (Lipinski definition) is 11. The van der Waals surface area contributed by atoms with Crippen LogP contribution < -0.4 is 19.9 Å². The zero-order valence-corrected chi connectivity index (χ0v) is 40.2. The molecule has 1 N–H and O–H groups in total. The van der Waals surface area contributed by atoms with E-state index in [0.717, 1.165) is 52.6 Å². The van der Waals surface area contributed by atoms with Gasteiger partial charge in [0.15, 0.2) is 10.9 Å². The quantitative estimate of drug-likeness (QED) is 0.0607. The van der Waals surface area contributed by atoms with E-state index in [2.05, 4.69) is 15.3 Å². The molecule has 2 aromatic carbocycles. The van der Waals surface area contributed by atoms with Gasteiger partial charge in [-0.3, -0.25) is 24.3 Å². The van der Waals surface area contributed by atoms with Gasteiger partial charge >= 0.3 is 6.18 Å². The molecule has 2 saturated heterocycles. The molecule has 0 saturated carbocycles. The number of amides is 3. The van der Waals surface area contributed by atoms with E-state index in [1.165, 1.54) is 42.4 Å². The van der Waals surface area contributed by atoms with Gasteiger partial charge in [-0.1, -0.05) is 20.8 Å². The Bertz CT molecular complexity index is 2740. The second-order valence-electron chi connectivity index (χ2n) is 18.2. The number of alkyl halides is 3. The van der Waals surface area contributed by atoms with E-state index in [-0.39, 0.29) is 29.6 Å². The molecule has 2 aliphatic rings. The van der Waals surface area contributed by atoms with Gasteiger partial charge in [0.1, 0.15) is 41.0 Å². The Morgan fingerprint density at radius 3 is 2.40 bits per heavy atom. The molecule has 7 rings (SSSR count). The second kappa shape index (κ2) is 19.7. The lowest BCUT2D eigenvalue weighted by molar-refractivity contribution is -0.141. The van der Waals surface area contributed by atoms with E-state index >= 15 is 4.39 Å². The zero-order chi connectivity index (χ0) is 49.3. The number of ether oxygens (including phenoxy) is 2. The predicted octanol–water partition coefficient (Wildman–Crippen LogP) is 8.93. The van der Waals surface area contributed by atoms with E-state index in [4.69, 9.17) is 26.7 Å². The van der Waals surface area contributed by atoms with Crippen LogP contribution in [0.4, 0.5) is 28.9 Å². The highest BCUT2D eigenvalue weighted by Crippen LogP contribution is 2.42. The number of carbonyl (C=O) groups excluding carboxylic acids is 3. The van der Waals surface area contributed by atoms with Crippen LogP contribution in [0, 0.1) is 29.5 Å². The molecule has 2 fully saturated rings. The molecule has 5 aromatic rings. The van der Waals surface area contributed by atoms with E-state index in [0.29, 0.717) is 54.6 Å². The van der Waals surface area contributed by atoms with Gasteiger partial charge in [-0.2, -0.15) is 18.4 Å². The number of anilines is 2. The highest BCUT2D eigenvalue weighted by Gasteiger charge is 2.52. The Hall–Kier alpha value is -6.30. The predicted molar refractivity (Wildman–Crippen MR) is 252 cm³/mol. The summed E-state index contributed by atoms with van der Waals surface area (Å²) in [5.41, 5.74) is -0.187. The van der Waals surface area contributed by atoms with E-state index in [1.807, 2.05) is 62.5 Å². The Balaban J connectivity index is 0.869. The van der Waals surface area contributed by atoms with Crippen molar-refractivity contribution < 1.29 is 41.4 Å². The molecule has 2 atom stereocenters. The van der Waals surface area contributed by atoms with Crippen molar-refractivity contribution in [1.82, 2.24) is 29.7 Å². The first-order chi connectivity index (χ1) is 32.1. The Morgan fingerprint density at radius 2 is 1.76 bits per heavy atom. The van der Waals surface area contributed by atoms with Crippen LogP contribution in [0.1, 0.15) is 89.0 Å². The number of likely N-dealkylation sites (tertiary alicyclic amines) is 1. The minimum Gasteiger partial charge on any atom is -0.494 e. The number of imidazole rings is 1. The van der Waals surface area contributed by atoms with Crippen molar-refractivity contribution in [2.75, 3.05) is 36.2 Å². The van der Waals surface area contributed by atoms with Gasteiger partial charge in [-0.05, 0) is 113 Å². The normalized spacial score (nSPS) is 16.6. The number of carbonyl (C=O) groups is 3. The Morgan fingerprint density at radius 1 is 1.04 bits per heavy atom. The number of aryl methyl sites for hydroxylation is 2. The molecular weight excluding hydrogens is 923 g/mol. The monoisotopic (exact) mass is 973 g/mol. The van der Waals surface area contributed by atoms with Crippen LogP contribution in [0.5, 0.6) is 5.75 Å². The van der Waals surface area contributed by atoms with Gasteiger partial charge < -0.3 is 29.2 Å². The standard InChI is InChI=1S/C48H51F4N9O5S2/c1-28-40(68-27-55-28)34-25-58(7)42(56-34)36-11-10-20-59(36)43(63)41(46(2,3)4)57-37(62)26-65-21-8-9-22-66-32-16-12-29(13-17-32)33-18-15-31(24-54-33)61-45(67)60(44(64)47(61,5)6)35-19-14-30(23-53)38(39(35)49)48(50,51)52/h12-19,24-25,27,36,41H,8-11,20-22,26H2,1-7H3,(H,57,62). The first-order valence-electron chi connectivity index (χ1n) is 21.9. The molecule has 358 valence electrons. The maximum atomic E-state index is 15.4. The number of pyridine rings is 1. The minimum atomic E-state index is -5.19. The number of rotatable bonds is 15. The molecule has 3 amide bonds. The fraction of sp³-hybridized carbons (Fsp3) is 0.417. The van der Waals surface area contributed by atoms with Gasteiger partial charge in [0, 0.05) is 32.0 Å². The topological polar surface area (TPSA) is 159 Å². The van der Waals surface area contributed by atoms with Crippen molar-refractivity contribution in [2.45, 2.75) is 91.0 Å². The molecule has 68 heavy (non-hydrogen) atoms. The summed E-state index contributed by atoms with van der Waals surface area (Å²) in [6.45, 7) is 11.8. The lowest BCUT2D eigenvalue weighted by Crippen LogP contribution is -2.55. The van der Waals surface area contributed by atoms with Gasteiger partial charge in [-0.25, -0.2) is 14.4 Å². The highest BCUT2D eigenvalue weighted by atomic mass is 32.1. The SMILES string of the molecule is Cc1ncsc1-c1cn(C)c(C2CCCN2C(=O)C(NC(=O)COCCCCOc2ccc(-c3ccc(N4C(=S)N(c5ccc(C#N)c(C(F)(F)F)c5F)C(=O)C4(C)C)cn3)cc2)C(C)(C)C)n1. The third-order valence-corrected chi connectivity index (χ3v) is 13.2. The van der Waals surface area contributed by atoms with Crippen LogP contribution in [-0.2, 0) is 32.3 Å². The number of thiocarbonyl (C=S) groups is 1. The molecular formula is C48H51F4N9O5S2. The third kappa shape index (κ3) is 10.1. The fourth-order valence-electron chi connectivity index (χ4n) is 8.38. The first-order valence-corrected chi connectivity index (χ1v) is 23.2. The van der Waals surface area contributed by atoms with Crippen LogP contribution in [0.2, 0.25) is 0 Å². The van der Waals surface area contributed by atoms with Crippen LogP contribution in [-0.4, -0.2) is 85.2 Å². The average molecular weight is 974 g/mol. The molecule has 20 heteroatoms. The lowest BCUT2D eigenvalue weighted by atomic mass is 9.85. The van der Waals surface area contributed by atoms with Gasteiger partial charge in [0.2, 0.25) is 11.8 Å². The molecule has 14 nitrogen and oxygen atoms in total. The molecule has 0 aliphatic carbocycles. The Kier molecular flexibility index (Phi) is 14.4. The lowest BCUT2D eigenvalue weighted by Gasteiger charge is -2.35. The van der Waals surface area contributed by atoms with Crippen LogP contribution in [0.3, 0.4) is 0 Å². The van der Waals surface area contributed by atoms with Crippen LogP contribution in [0.25, 0.3) is 21.8 Å². The number of benzene rings is 2. The van der Waals surface area contributed by atoms with Gasteiger partial charge in [-0.15, -0.1) is 11.3 Å². The number of thiazole rings is 1. The van der Waals surface area contributed by atoms with E-state index in [9.17, 15) is 32.8 Å².